The number of nitrogens with zero attached hydrogens (tertiary/aromatic N) is 2. The van der Waals surface area contributed by atoms with Crippen molar-refractivity contribution in [2.45, 2.75) is 38.5 Å². The molecule has 0 fully saturated rings. The molecule has 0 spiro atoms. The van der Waals surface area contributed by atoms with Gasteiger partial charge in [0, 0.05) is 23.2 Å². The summed E-state index contributed by atoms with van der Waals surface area (Å²) in [6.07, 6.45) is 5.53. The van der Waals surface area contributed by atoms with Gasteiger partial charge in [0.2, 0.25) is 5.89 Å². The van der Waals surface area contributed by atoms with E-state index in [-0.39, 0.29) is 18.1 Å². The largest absolute Gasteiger partial charge is 0.487 e. The minimum absolute atomic E-state index is 0.00252. The van der Waals surface area contributed by atoms with Crippen LogP contribution in [0.2, 0.25) is 0 Å². The number of halogens is 4. The number of hydrogen-bond acceptors (Lipinski definition) is 5. The van der Waals surface area contributed by atoms with Gasteiger partial charge in [0.05, 0.1) is 10.6 Å². The fraction of sp³-hybridized carbons (Fsp3) is 0.231. The highest BCUT2D eigenvalue weighted by atomic mass is 32.1. The van der Waals surface area contributed by atoms with Crippen LogP contribution < -0.4 is 4.74 Å². The number of rotatable bonds is 10. The first-order valence-corrected chi connectivity index (χ1v) is 11.8. The molecule has 0 atom stereocenters. The summed E-state index contributed by atoms with van der Waals surface area (Å²) < 4.78 is 63.0. The number of ether oxygens (including phenoxy) is 1. The molecule has 0 unspecified atom stereocenters. The Hall–Kier alpha value is -3.46. The molecule has 4 aromatic rings. The van der Waals surface area contributed by atoms with E-state index in [9.17, 15) is 17.6 Å². The van der Waals surface area contributed by atoms with Crippen LogP contribution in [0.4, 0.5) is 17.6 Å². The van der Waals surface area contributed by atoms with E-state index in [1.165, 1.54) is 29.0 Å². The number of thiazole rings is 1. The zero-order chi connectivity index (χ0) is 24.7. The number of oxazole rings is 1. The minimum Gasteiger partial charge on any atom is -0.487 e. The van der Waals surface area contributed by atoms with Gasteiger partial charge in [-0.15, -0.1) is 11.3 Å². The van der Waals surface area contributed by atoms with Gasteiger partial charge < -0.3 is 9.15 Å². The van der Waals surface area contributed by atoms with Crippen LogP contribution in [0.1, 0.15) is 46.1 Å². The summed E-state index contributed by atoms with van der Waals surface area (Å²) in [6, 6.07) is 10.2. The highest BCUT2D eigenvalue weighted by molar-refractivity contribution is 7.09. The first-order valence-electron chi connectivity index (χ1n) is 11.0. The van der Waals surface area contributed by atoms with Crippen molar-refractivity contribution in [1.29, 1.82) is 0 Å². The van der Waals surface area contributed by atoms with E-state index in [0.29, 0.717) is 17.5 Å². The smallest absolute Gasteiger partial charge is 0.416 e. The number of alkyl halides is 3. The molecule has 2 aromatic carbocycles. The summed E-state index contributed by atoms with van der Waals surface area (Å²) in [6.45, 7) is 0.180. The van der Waals surface area contributed by atoms with Gasteiger partial charge in [0.15, 0.2) is 0 Å². The molecule has 4 nitrogen and oxygen atoms in total. The lowest BCUT2D eigenvalue weighted by Gasteiger charge is -2.07. The molecule has 9 heteroatoms. The lowest BCUT2D eigenvalue weighted by molar-refractivity contribution is -0.137. The summed E-state index contributed by atoms with van der Waals surface area (Å²) in [5.41, 5.74) is 0.726. The Morgan fingerprint density at radius 3 is 2.51 bits per heavy atom. The van der Waals surface area contributed by atoms with Gasteiger partial charge >= 0.3 is 6.18 Å². The molecule has 182 valence electrons. The van der Waals surface area contributed by atoms with Gasteiger partial charge in [0.1, 0.15) is 30.1 Å². The van der Waals surface area contributed by atoms with Crippen molar-refractivity contribution in [2.24, 2.45) is 0 Å². The average Bonchev–Trinajstić information content (AvgIpc) is 3.52. The highest BCUT2D eigenvalue weighted by Crippen LogP contribution is 2.30. The molecule has 0 aliphatic rings. The molecular weight excluding hydrogens is 480 g/mol. The van der Waals surface area contributed by atoms with E-state index < -0.39 is 17.6 Å². The Morgan fingerprint density at radius 2 is 1.80 bits per heavy atom. The maximum Gasteiger partial charge on any atom is 0.416 e. The van der Waals surface area contributed by atoms with Crippen LogP contribution in [0, 0.1) is 5.82 Å². The van der Waals surface area contributed by atoms with Gasteiger partial charge in [-0.2, -0.15) is 13.2 Å². The first kappa shape index (κ1) is 24.7. The summed E-state index contributed by atoms with van der Waals surface area (Å²) in [4.78, 5) is 8.52. The van der Waals surface area contributed by atoms with Gasteiger partial charge in [0.25, 0.3) is 0 Å². The Kier molecular flexibility index (Phi) is 7.97. The van der Waals surface area contributed by atoms with E-state index in [4.69, 9.17) is 9.15 Å². The first-order chi connectivity index (χ1) is 16.9. The van der Waals surface area contributed by atoms with Crippen molar-refractivity contribution in [1.82, 2.24) is 9.97 Å². The predicted molar refractivity (Wildman–Crippen MR) is 126 cm³/mol. The fourth-order valence-electron chi connectivity index (χ4n) is 3.36. The third-order valence-electron chi connectivity index (χ3n) is 5.20. The van der Waals surface area contributed by atoms with Crippen LogP contribution in [-0.4, -0.2) is 9.97 Å². The number of aromatic nitrogens is 2. The minimum atomic E-state index is -4.59. The standard InChI is InChI=1S/C26H22F4N2O2S/c27-23-15-20(26(28,29)30)9-7-19(23)8-12-24-32-21(17-34-24)16-33-22-10-5-18(6-11-22)3-1-2-4-25-31-13-14-35-25/h5-15,17H,1-4,16H2. The zero-order valence-electron chi connectivity index (χ0n) is 18.6. The Balaban J connectivity index is 1.24. The lowest BCUT2D eigenvalue weighted by Crippen LogP contribution is -2.05. The topological polar surface area (TPSA) is 48.2 Å². The second-order valence-corrected chi connectivity index (χ2v) is 8.79. The molecule has 0 radical (unpaired) electrons. The van der Waals surface area contributed by atoms with Gasteiger partial charge in [-0.3, -0.25) is 0 Å². The van der Waals surface area contributed by atoms with E-state index in [0.717, 1.165) is 37.8 Å². The van der Waals surface area contributed by atoms with Crippen LogP contribution in [-0.2, 0) is 25.6 Å². The monoisotopic (exact) mass is 502 g/mol. The molecule has 0 aliphatic carbocycles. The maximum atomic E-state index is 13.9. The zero-order valence-corrected chi connectivity index (χ0v) is 19.4. The molecule has 0 N–H and O–H groups in total. The van der Waals surface area contributed by atoms with Crippen LogP contribution in [0.5, 0.6) is 5.75 Å². The molecular formula is C26H22F4N2O2S. The Morgan fingerprint density at radius 1 is 1.00 bits per heavy atom. The Labute approximate surface area is 203 Å². The van der Waals surface area contributed by atoms with E-state index in [2.05, 4.69) is 9.97 Å². The third kappa shape index (κ3) is 7.26. The molecule has 0 amide bonds. The van der Waals surface area contributed by atoms with Crippen molar-refractivity contribution >= 4 is 23.5 Å². The van der Waals surface area contributed by atoms with Crippen molar-refractivity contribution < 1.29 is 26.7 Å². The van der Waals surface area contributed by atoms with Crippen molar-refractivity contribution in [3.05, 3.63) is 99.4 Å². The molecule has 0 bridgehead atoms. The van der Waals surface area contributed by atoms with Gasteiger partial charge in [-0.05, 0) is 61.6 Å². The fourth-order valence-corrected chi connectivity index (χ4v) is 4.02. The number of aryl methyl sites for hydroxylation is 2. The summed E-state index contributed by atoms with van der Waals surface area (Å²) >= 11 is 1.69. The number of unbranched alkanes of at least 4 members (excludes halogenated alkanes) is 1. The van der Waals surface area contributed by atoms with Crippen LogP contribution in [0.3, 0.4) is 0 Å². The number of benzene rings is 2. The third-order valence-corrected chi connectivity index (χ3v) is 6.04. The molecule has 0 saturated heterocycles. The average molecular weight is 503 g/mol. The molecule has 4 rings (SSSR count). The lowest BCUT2D eigenvalue weighted by atomic mass is 10.1. The molecule has 2 heterocycles. The van der Waals surface area contributed by atoms with Crippen molar-refractivity contribution in [3.8, 4) is 5.75 Å². The van der Waals surface area contributed by atoms with E-state index >= 15 is 0 Å². The molecule has 0 saturated carbocycles. The predicted octanol–water partition coefficient (Wildman–Crippen LogP) is 7.60. The van der Waals surface area contributed by atoms with E-state index in [1.54, 1.807) is 11.3 Å². The van der Waals surface area contributed by atoms with Crippen molar-refractivity contribution in [3.63, 3.8) is 0 Å². The molecule has 0 aliphatic heterocycles. The van der Waals surface area contributed by atoms with Crippen LogP contribution in [0.15, 0.2) is 64.7 Å². The summed E-state index contributed by atoms with van der Waals surface area (Å²) in [5, 5.41) is 3.17. The highest BCUT2D eigenvalue weighted by Gasteiger charge is 2.30. The SMILES string of the molecule is Fc1cc(C(F)(F)F)ccc1C=Cc1nc(COc2ccc(CCCCc3nccs3)cc2)co1. The van der Waals surface area contributed by atoms with Gasteiger partial charge in [-0.1, -0.05) is 18.2 Å². The molecule has 35 heavy (non-hydrogen) atoms. The normalized spacial score (nSPS) is 11.9. The van der Waals surface area contributed by atoms with E-state index in [1.807, 2.05) is 35.8 Å². The van der Waals surface area contributed by atoms with Crippen molar-refractivity contribution in [2.75, 3.05) is 0 Å². The molecule has 2 aromatic heterocycles. The number of hydrogen-bond donors (Lipinski definition) is 0. The summed E-state index contributed by atoms with van der Waals surface area (Å²) in [5.74, 6) is -0.0893. The van der Waals surface area contributed by atoms with Gasteiger partial charge in [-0.25, -0.2) is 14.4 Å². The summed E-state index contributed by atoms with van der Waals surface area (Å²) in [7, 11) is 0. The second-order valence-electron chi connectivity index (χ2n) is 7.81. The second kappa shape index (κ2) is 11.3. The van der Waals surface area contributed by atoms with Crippen LogP contribution in [0.25, 0.3) is 12.2 Å². The quantitative estimate of drug-likeness (QED) is 0.165. The maximum absolute atomic E-state index is 13.9. The van der Waals surface area contributed by atoms with Crippen LogP contribution >= 0.6 is 11.3 Å². The Bertz CT molecular complexity index is 1250.